The molecule has 7 heteroatoms. The average molecular weight is 498 g/mol. The normalized spacial score (nSPS) is 13.9. The van der Waals surface area contributed by atoms with Gasteiger partial charge in [0.2, 0.25) is 0 Å². The second-order valence-electron chi connectivity index (χ2n) is 8.89. The number of fused-ring (bicyclic) bond motifs is 1. The van der Waals surface area contributed by atoms with Gasteiger partial charge in [-0.3, -0.25) is 4.79 Å². The third kappa shape index (κ3) is 7.84. The van der Waals surface area contributed by atoms with E-state index in [9.17, 15) is 9.36 Å². The van der Waals surface area contributed by atoms with E-state index in [0.29, 0.717) is 24.0 Å². The molecule has 0 fully saturated rings. The summed E-state index contributed by atoms with van der Waals surface area (Å²) in [6.45, 7) is 8.15. The van der Waals surface area contributed by atoms with E-state index in [1.165, 1.54) is 0 Å². The Labute approximate surface area is 208 Å². The lowest BCUT2D eigenvalue weighted by molar-refractivity contribution is -0.146. The van der Waals surface area contributed by atoms with E-state index in [0.717, 1.165) is 42.0 Å². The molecule has 0 saturated heterocycles. The number of ether oxygens (including phenoxy) is 1. The fourth-order valence-electron chi connectivity index (χ4n) is 3.96. The highest BCUT2D eigenvalue weighted by Gasteiger charge is 2.34. The maximum absolute atomic E-state index is 14.0. The van der Waals surface area contributed by atoms with Crippen LogP contribution in [0, 0.1) is 12.8 Å². The standard InChI is InChI=1S/C28H36NO5P/c1-5-10-23(11-6-2)20-32-28(30)22(4)29-35(31,33-25-18-16-21(3)17-19-25)34-27-15-9-13-24-12-7-8-14-26(24)27/h7-9,12-19,22-23H,5-6,10-11,20H2,1-4H3,(H,29,31)/t22-,35?/m0/s1. The van der Waals surface area contributed by atoms with Crippen LogP contribution in [0.1, 0.15) is 52.0 Å². The lowest BCUT2D eigenvalue weighted by Gasteiger charge is -2.24. The Morgan fingerprint density at radius 1 is 0.914 bits per heavy atom. The summed E-state index contributed by atoms with van der Waals surface area (Å²) < 4.78 is 31.4. The molecular formula is C28H36NO5P. The number of hydrogen-bond donors (Lipinski definition) is 1. The molecule has 0 radical (unpaired) electrons. The largest absolute Gasteiger partial charge is 0.513 e. The van der Waals surface area contributed by atoms with E-state index in [-0.39, 0.29) is 0 Å². The molecule has 188 valence electrons. The Bertz CT molecular complexity index is 1140. The summed E-state index contributed by atoms with van der Waals surface area (Å²) in [5.41, 5.74) is 1.04. The van der Waals surface area contributed by atoms with Gasteiger partial charge < -0.3 is 13.8 Å². The smallest absolute Gasteiger partial charge is 0.464 e. The molecule has 2 atom stereocenters. The molecule has 0 aliphatic carbocycles. The second kappa shape index (κ2) is 12.8. The molecule has 0 aliphatic rings. The first-order chi connectivity index (χ1) is 16.8. The van der Waals surface area contributed by atoms with Crippen molar-refractivity contribution in [3.63, 3.8) is 0 Å². The van der Waals surface area contributed by atoms with Crippen LogP contribution in [0.3, 0.4) is 0 Å². The maximum Gasteiger partial charge on any atom is 0.513 e. The first-order valence-electron chi connectivity index (χ1n) is 12.3. The van der Waals surface area contributed by atoms with Gasteiger partial charge in [-0.1, -0.05) is 80.8 Å². The fraction of sp³-hybridized carbons (Fsp3) is 0.393. The van der Waals surface area contributed by atoms with Crippen molar-refractivity contribution in [1.82, 2.24) is 5.09 Å². The highest BCUT2D eigenvalue weighted by atomic mass is 31.2. The zero-order chi connectivity index (χ0) is 25.3. The molecule has 6 nitrogen and oxygen atoms in total. The van der Waals surface area contributed by atoms with Crippen molar-refractivity contribution in [1.29, 1.82) is 0 Å². The van der Waals surface area contributed by atoms with Crippen LogP contribution in [-0.4, -0.2) is 18.6 Å². The SMILES string of the molecule is CCCC(CCC)COC(=O)[C@H](C)NP(=O)(Oc1ccc(C)cc1)Oc1cccc2ccccc12. The lowest BCUT2D eigenvalue weighted by Crippen LogP contribution is -2.36. The van der Waals surface area contributed by atoms with E-state index >= 15 is 0 Å². The lowest BCUT2D eigenvalue weighted by atomic mass is 9.99. The fourth-order valence-corrected chi connectivity index (χ4v) is 5.50. The topological polar surface area (TPSA) is 73.9 Å². The van der Waals surface area contributed by atoms with Crippen molar-refractivity contribution < 1.29 is 23.1 Å². The highest BCUT2D eigenvalue weighted by Crippen LogP contribution is 2.47. The van der Waals surface area contributed by atoms with Crippen molar-refractivity contribution in [2.75, 3.05) is 6.61 Å². The summed E-state index contributed by atoms with van der Waals surface area (Å²) in [7, 11) is -4.02. The van der Waals surface area contributed by atoms with E-state index in [1.807, 2.05) is 55.5 Å². The van der Waals surface area contributed by atoms with E-state index in [1.54, 1.807) is 25.1 Å². The predicted molar refractivity (Wildman–Crippen MR) is 141 cm³/mol. The molecule has 0 heterocycles. The minimum absolute atomic E-state index is 0.323. The molecule has 0 saturated carbocycles. The summed E-state index contributed by atoms with van der Waals surface area (Å²) >= 11 is 0. The summed E-state index contributed by atoms with van der Waals surface area (Å²) in [4.78, 5) is 12.8. The van der Waals surface area contributed by atoms with E-state index in [2.05, 4.69) is 18.9 Å². The number of benzene rings is 3. The number of carbonyl (C=O) groups is 1. The van der Waals surface area contributed by atoms with Crippen molar-refractivity contribution in [3.8, 4) is 11.5 Å². The maximum atomic E-state index is 14.0. The molecule has 3 aromatic carbocycles. The molecular weight excluding hydrogens is 461 g/mol. The van der Waals surface area contributed by atoms with Gasteiger partial charge in [-0.15, -0.1) is 0 Å². The first kappa shape index (κ1) is 26.8. The Balaban J connectivity index is 1.80. The highest BCUT2D eigenvalue weighted by molar-refractivity contribution is 7.52. The Morgan fingerprint density at radius 3 is 2.26 bits per heavy atom. The second-order valence-corrected chi connectivity index (χ2v) is 10.5. The minimum atomic E-state index is -4.02. The summed E-state index contributed by atoms with van der Waals surface area (Å²) in [5, 5.41) is 4.53. The van der Waals surface area contributed by atoms with Crippen LogP contribution >= 0.6 is 7.75 Å². The average Bonchev–Trinajstić information content (AvgIpc) is 2.84. The van der Waals surface area contributed by atoms with Crippen LogP contribution in [0.2, 0.25) is 0 Å². The molecule has 0 bridgehead atoms. The zero-order valence-electron chi connectivity index (χ0n) is 21.0. The van der Waals surface area contributed by atoms with Gasteiger partial charge in [0.25, 0.3) is 0 Å². The van der Waals surface area contributed by atoms with Gasteiger partial charge in [0, 0.05) is 5.39 Å². The van der Waals surface area contributed by atoms with Gasteiger partial charge in [-0.25, -0.2) is 4.57 Å². The molecule has 3 rings (SSSR count). The van der Waals surface area contributed by atoms with E-state index in [4.69, 9.17) is 13.8 Å². The Hall–Kier alpha value is -2.82. The van der Waals surface area contributed by atoms with Crippen molar-refractivity contribution in [2.45, 2.75) is 59.4 Å². The Kier molecular flexibility index (Phi) is 9.76. The van der Waals surface area contributed by atoms with Gasteiger partial charge in [0.15, 0.2) is 0 Å². The van der Waals surface area contributed by atoms with Crippen molar-refractivity contribution in [2.24, 2.45) is 5.92 Å². The van der Waals surface area contributed by atoms with E-state index < -0.39 is 19.8 Å². The van der Waals surface area contributed by atoms with Crippen LogP contribution < -0.4 is 14.1 Å². The third-order valence-corrected chi connectivity index (χ3v) is 7.37. The summed E-state index contributed by atoms with van der Waals surface area (Å²) in [6, 6.07) is 19.4. The van der Waals surface area contributed by atoms with Gasteiger partial charge in [0.1, 0.15) is 17.5 Å². The number of nitrogens with one attached hydrogen (secondary N) is 1. The Morgan fingerprint density at radius 2 is 1.57 bits per heavy atom. The number of aryl methyl sites for hydroxylation is 1. The van der Waals surface area contributed by atoms with Gasteiger partial charge in [-0.05, 0) is 56.2 Å². The van der Waals surface area contributed by atoms with Crippen LogP contribution in [-0.2, 0) is 14.1 Å². The van der Waals surface area contributed by atoms with Gasteiger partial charge in [-0.2, -0.15) is 5.09 Å². The van der Waals surface area contributed by atoms with Crippen molar-refractivity contribution >= 4 is 24.5 Å². The molecule has 0 amide bonds. The molecule has 3 aromatic rings. The predicted octanol–water partition coefficient (Wildman–Crippen LogP) is 7.45. The minimum Gasteiger partial charge on any atom is -0.464 e. The molecule has 0 aromatic heterocycles. The molecule has 35 heavy (non-hydrogen) atoms. The van der Waals surface area contributed by atoms with Crippen LogP contribution in [0.25, 0.3) is 10.8 Å². The number of hydrogen-bond acceptors (Lipinski definition) is 5. The zero-order valence-corrected chi connectivity index (χ0v) is 21.9. The number of esters is 1. The molecule has 0 aliphatic heterocycles. The van der Waals surface area contributed by atoms with Gasteiger partial charge >= 0.3 is 13.7 Å². The van der Waals surface area contributed by atoms with Crippen LogP contribution in [0.4, 0.5) is 0 Å². The quantitative estimate of drug-likeness (QED) is 0.195. The monoisotopic (exact) mass is 497 g/mol. The van der Waals surface area contributed by atoms with Crippen LogP contribution in [0.5, 0.6) is 11.5 Å². The molecule has 1 unspecified atom stereocenters. The number of rotatable bonds is 13. The van der Waals surface area contributed by atoms with Gasteiger partial charge in [0.05, 0.1) is 6.61 Å². The molecule has 0 spiro atoms. The number of carbonyl (C=O) groups excluding carboxylic acids is 1. The summed E-state index contributed by atoms with van der Waals surface area (Å²) in [6.07, 6.45) is 4.08. The van der Waals surface area contributed by atoms with Crippen molar-refractivity contribution in [3.05, 3.63) is 72.3 Å². The third-order valence-electron chi connectivity index (χ3n) is 5.78. The van der Waals surface area contributed by atoms with Crippen LogP contribution in [0.15, 0.2) is 66.7 Å². The summed E-state index contributed by atoms with van der Waals surface area (Å²) in [5.74, 6) is 0.607. The first-order valence-corrected chi connectivity index (χ1v) is 13.9. The molecule has 1 N–H and O–H groups in total.